The number of para-hydroxylation sites is 1. The van der Waals surface area contributed by atoms with Gasteiger partial charge in [0, 0.05) is 6.61 Å². The summed E-state index contributed by atoms with van der Waals surface area (Å²) in [6.45, 7) is 0.555. The Hall–Kier alpha value is -2.86. The molecule has 0 heterocycles. The van der Waals surface area contributed by atoms with Crippen molar-refractivity contribution in [3.8, 4) is 5.75 Å². The average Bonchev–Trinajstić information content (AvgIpc) is 2.81. The molecule has 0 aliphatic heterocycles. The van der Waals surface area contributed by atoms with Gasteiger partial charge in [0.2, 0.25) is 0 Å². The normalized spacial score (nSPS) is 11.6. The first-order valence-electron chi connectivity index (χ1n) is 10.7. The van der Waals surface area contributed by atoms with Crippen LogP contribution in [0.2, 0.25) is 0 Å². The summed E-state index contributed by atoms with van der Waals surface area (Å²) in [5, 5.41) is 8.90. The summed E-state index contributed by atoms with van der Waals surface area (Å²) >= 11 is 0. The molecule has 0 aliphatic carbocycles. The molecular formula is C25H32O6. The van der Waals surface area contributed by atoms with Gasteiger partial charge >= 0.3 is 11.9 Å². The standard InChI is InChI=1S/C25H32O6/c1-29-24(27)20-14-12-19(13-15-20)18-31-23-11-7-6-9-21(23)17-22(25(28)30-2)10-5-3-4-8-16-26/h6-7,9,11-15,22,26H,3-5,8,10,16-18H2,1-2H3. The highest BCUT2D eigenvalue weighted by molar-refractivity contribution is 5.89. The van der Waals surface area contributed by atoms with E-state index in [1.807, 2.05) is 36.4 Å². The van der Waals surface area contributed by atoms with Crippen molar-refractivity contribution in [3.05, 3.63) is 65.2 Å². The van der Waals surface area contributed by atoms with Crippen LogP contribution in [0.25, 0.3) is 0 Å². The van der Waals surface area contributed by atoms with E-state index < -0.39 is 0 Å². The number of aliphatic hydroxyl groups excluding tert-OH is 1. The summed E-state index contributed by atoms with van der Waals surface area (Å²) in [6, 6.07) is 14.8. The van der Waals surface area contributed by atoms with Crippen LogP contribution in [0, 0.1) is 5.92 Å². The van der Waals surface area contributed by atoms with Gasteiger partial charge in [0.15, 0.2) is 0 Å². The fraction of sp³-hybridized carbons (Fsp3) is 0.440. The number of hydrogen-bond donors (Lipinski definition) is 1. The molecule has 168 valence electrons. The Labute approximate surface area is 184 Å². The highest BCUT2D eigenvalue weighted by atomic mass is 16.5. The Morgan fingerprint density at radius 3 is 2.29 bits per heavy atom. The number of hydrogen-bond acceptors (Lipinski definition) is 6. The van der Waals surface area contributed by atoms with E-state index in [2.05, 4.69) is 0 Å². The molecule has 31 heavy (non-hydrogen) atoms. The van der Waals surface area contributed by atoms with E-state index in [1.165, 1.54) is 14.2 Å². The zero-order valence-electron chi connectivity index (χ0n) is 18.3. The van der Waals surface area contributed by atoms with Crippen molar-refractivity contribution in [1.82, 2.24) is 0 Å². The summed E-state index contributed by atoms with van der Waals surface area (Å²) in [5.74, 6) is -0.0877. The molecule has 0 spiro atoms. The van der Waals surface area contributed by atoms with Crippen LogP contribution in [0.5, 0.6) is 5.75 Å². The quantitative estimate of drug-likeness (QED) is 0.378. The number of aliphatic hydroxyl groups is 1. The molecule has 1 atom stereocenters. The highest BCUT2D eigenvalue weighted by Crippen LogP contribution is 2.26. The SMILES string of the molecule is COC(=O)c1ccc(COc2ccccc2CC(CCCCCCO)C(=O)OC)cc1. The molecule has 2 rings (SSSR count). The monoisotopic (exact) mass is 428 g/mol. The molecule has 0 saturated heterocycles. The summed E-state index contributed by atoms with van der Waals surface area (Å²) < 4.78 is 15.8. The largest absolute Gasteiger partial charge is 0.489 e. The van der Waals surface area contributed by atoms with E-state index in [0.29, 0.717) is 18.6 Å². The lowest BCUT2D eigenvalue weighted by atomic mass is 9.93. The Kier molecular flexibility index (Phi) is 10.6. The van der Waals surface area contributed by atoms with Crippen LogP contribution in [-0.4, -0.2) is 37.9 Å². The van der Waals surface area contributed by atoms with Crippen molar-refractivity contribution in [2.24, 2.45) is 5.92 Å². The number of carbonyl (C=O) groups excluding carboxylic acids is 2. The molecule has 0 aliphatic rings. The number of rotatable bonds is 13. The number of ether oxygens (including phenoxy) is 3. The van der Waals surface area contributed by atoms with Crippen molar-refractivity contribution in [1.29, 1.82) is 0 Å². The maximum absolute atomic E-state index is 12.3. The van der Waals surface area contributed by atoms with E-state index >= 15 is 0 Å². The van der Waals surface area contributed by atoms with E-state index in [9.17, 15) is 9.59 Å². The van der Waals surface area contributed by atoms with Gasteiger partial charge in [0.25, 0.3) is 0 Å². The zero-order valence-corrected chi connectivity index (χ0v) is 18.3. The lowest BCUT2D eigenvalue weighted by Crippen LogP contribution is -2.19. The Morgan fingerprint density at radius 1 is 0.903 bits per heavy atom. The zero-order chi connectivity index (χ0) is 22.5. The number of carbonyl (C=O) groups is 2. The second kappa shape index (κ2) is 13.4. The second-order valence-corrected chi connectivity index (χ2v) is 7.44. The van der Waals surface area contributed by atoms with E-state index in [4.69, 9.17) is 19.3 Å². The Bertz CT molecular complexity index is 815. The summed E-state index contributed by atoms with van der Waals surface area (Å²) in [6.07, 6.45) is 4.92. The van der Waals surface area contributed by atoms with E-state index in [-0.39, 0.29) is 24.5 Å². The van der Waals surface area contributed by atoms with Gasteiger partial charge in [-0.1, -0.05) is 49.6 Å². The van der Waals surface area contributed by atoms with Crippen LogP contribution in [0.4, 0.5) is 0 Å². The van der Waals surface area contributed by atoms with E-state index in [0.717, 1.165) is 49.0 Å². The number of methoxy groups -OCH3 is 2. The second-order valence-electron chi connectivity index (χ2n) is 7.44. The lowest BCUT2D eigenvalue weighted by Gasteiger charge is -2.17. The van der Waals surface area contributed by atoms with Crippen LogP contribution in [0.3, 0.4) is 0 Å². The predicted octanol–water partition coefficient (Wildman–Crippen LogP) is 4.33. The molecule has 0 aromatic heterocycles. The van der Waals surface area contributed by atoms with Gasteiger partial charge in [-0.25, -0.2) is 4.79 Å². The fourth-order valence-corrected chi connectivity index (χ4v) is 3.42. The molecule has 0 radical (unpaired) electrons. The molecule has 6 heteroatoms. The van der Waals surface area contributed by atoms with Gasteiger partial charge in [-0.05, 0) is 48.6 Å². The lowest BCUT2D eigenvalue weighted by molar-refractivity contribution is -0.145. The molecule has 0 saturated carbocycles. The van der Waals surface area contributed by atoms with Crippen molar-refractivity contribution in [3.63, 3.8) is 0 Å². The smallest absolute Gasteiger partial charge is 0.337 e. The van der Waals surface area contributed by atoms with Crippen LogP contribution < -0.4 is 4.74 Å². The van der Waals surface area contributed by atoms with Crippen molar-refractivity contribution in [2.75, 3.05) is 20.8 Å². The van der Waals surface area contributed by atoms with E-state index in [1.54, 1.807) is 12.1 Å². The topological polar surface area (TPSA) is 82.1 Å². The van der Waals surface area contributed by atoms with Gasteiger partial charge in [-0.3, -0.25) is 4.79 Å². The maximum atomic E-state index is 12.3. The minimum absolute atomic E-state index is 0.205. The molecule has 1 unspecified atom stereocenters. The average molecular weight is 429 g/mol. The van der Waals surface area contributed by atoms with Crippen LogP contribution in [0.1, 0.15) is 53.6 Å². The first-order valence-corrected chi connectivity index (χ1v) is 10.7. The summed E-state index contributed by atoms with van der Waals surface area (Å²) in [5.41, 5.74) is 2.38. The van der Waals surface area contributed by atoms with Crippen molar-refractivity contribution < 1.29 is 28.9 Å². The minimum Gasteiger partial charge on any atom is -0.489 e. The molecule has 6 nitrogen and oxygen atoms in total. The van der Waals surface area contributed by atoms with Gasteiger partial charge in [0.1, 0.15) is 12.4 Å². The van der Waals surface area contributed by atoms with Crippen molar-refractivity contribution in [2.45, 2.75) is 45.1 Å². The van der Waals surface area contributed by atoms with Gasteiger partial charge in [0.05, 0.1) is 25.7 Å². The van der Waals surface area contributed by atoms with Crippen LogP contribution in [0.15, 0.2) is 48.5 Å². The van der Waals surface area contributed by atoms with Gasteiger partial charge < -0.3 is 19.3 Å². The Morgan fingerprint density at radius 2 is 1.61 bits per heavy atom. The molecule has 0 fully saturated rings. The summed E-state index contributed by atoms with van der Waals surface area (Å²) in [7, 11) is 2.77. The number of unbranched alkanes of at least 4 members (excludes halogenated alkanes) is 3. The first kappa shape index (κ1) is 24.4. The molecule has 0 amide bonds. The highest BCUT2D eigenvalue weighted by Gasteiger charge is 2.21. The minimum atomic E-state index is -0.372. The molecular weight excluding hydrogens is 396 g/mol. The van der Waals surface area contributed by atoms with Crippen LogP contribution in [-0.2, 0) is 27.3 Å². The molecule has 2 aromatic carbocycles. The van der Waals surface area contributed by atoms with Crippen LogP contribution >= 0.6 is 0 Å². The molecule has 1 N–H and O–H groups in total. The Balaban J connectivity index is 2.00. The third-order valence-corrected chi connectivity index (χ3v) is 5.20. The third-order valence-electron chi connectivity index (χ3n) is 5.20. The number of benzene rings is 2. The summed E-state index contributed by atoms with van der Waals surface area (Å²) in [4.78, 5) is 23.9. The first-order chi connectivity index (χ1) is 15.1. The van der Waals surface area contributed by atoms with Gasteiger partial charge in [-0.2, -0.15) is 0 Å². The predicted molar refractivity (Wildman–Crippen MR) is 118 cm³/mol. The maximum Gasteiger partial charge on any atom is 0.337 e. The van der Waals surface area contributed by atoms with Gasteiger partial charge in [-0.15, -0.1) is 0 Å². The fourth-order valence-electron chi connectivity index (χ4n) is 3.42. The third kappa shape index (κ3) is 8.06. The molecule has 0 bridgehead atoms. The molecule has 2 aromatic rings. The van der Waals surface area contributed by atoms with Crippen molar-refractivity contribution >= 4 is 11.9 Å². The number of esters is 2.